The van der Waals surface area contributed by atoms with Crippen LogP contribution in [-0.4, -0.2) is 48.0 Å². The Kier molecular flexibility index (Phi) is 8.90. The van der Waals surface area contributed by atoms with Crippen molar-refractivity contribution in [2.45, 2.75) is 6.92 Å². The third kappa shape index (κ3) is 7.05. The summed E-state index contributed by atoms with van der Waals surface area (Å²) in [5, 5.41) is 8.69. The van der Waals surface area contributed by atoms with Crippen LogP contribution in [-0.2, 0) is 15.2 Å². The second-order valence-corrected chi connectivity index (χ2v) is 4.20. The molecule has 0 saturated carbocycles. The number of aromatic carboxylic acids is 1. The fourth-order valence-electron chi connectivity index (χ4n) is 0.910. The number of hydrogen-bond acceptors (Lipinski definition) is 6. The zero-order chi connectivity index (χ0) is 14.0. The molecule has 0 radical (unpaired) electrons. The van der Waals surface area contributed by atoms with Crippen molar-refractivity contribution < 1.29 is 29.9 Å². The van der Waals surface area contributed by atoms with Gasteiger partial charge in [-0.3, -0.25) is 4.79 Å². The van der Waals surface area contributed by atoms with E-state index in [1.165, 1.54) is 19.1 Å². The second kappa shape index (κ2) is 9.63. The number of rotatable bonds is 4. The van der Waals surface area contributed by atoms with E-state index in [-0.39, 0.29) is 11.3 Å². The molecule has 92 valence electrons. The van der Waals surface area contributed by atoms with Crippen molar-refractivity contribution >= 4 is 42.9 Å². The summed E-state index contributed by atoms with van der Waals surface area (Å²) in [6.07, 6.45) is 0. The molecule has 0 aliphatic carbocycles. The number of esters is 1. The van der Waals surface area contributed by atoms with Gasteiger partial charge < -0.3 is 9.84 Å². The molecule has 1 rings (SSSR count). The van der Waals surface area contributed by atoms with Crippen LogP contribution in [0.15, 0.2) is 24.3 Å². The van der Waals surface area contributed by atoms with Crippen LogP contribution in [0.1, 0.15) is 17.3 Å². The molecule has 7 nitrogen and oxygen atoms in total. The molecule has 0 heterocycles. The molecule has 9 heteroatoms. The average molecular weight is 282 g/mol. The number of benzene rings is 1. The van der Waals surface area contributed by atoms with Gasteiger partial charge in [0.1, 0.15) is 11.3 Å². The second-order valence-electron chi connectivity index (χ2n) is 2.72. The summed E-state index contributed by atoms with van der Waals surface area (Å²) in [5.74, 6) is -1.58. The van der Waals surface area contributed by atoms with E-state index in [1.807, 2.05) is 0 Å². The molecule has 0 unspecified atom stereocenters. The van der Waals surface area contributed by atoms with Crippen molar-refractivity contribution in [2.24, 2.45) is 0 Å². The van der Waals surface area contributed by atoms with Crippen molar-refractivity contribution in [1.82, 2.24) is 0 Å². The molecule has 0 atom stereocenters. The first kappa shape index (κ1) is 16.6. The minimum absolute atomic E-state index is 0.0160. The molecule has 1 aromatic carbocycles. The molecule has 0 aliphatic heterocycles. The number of carboxylic acids is 1. The Bertz CT molecular complexity index is 440. The molecule has 18 heavy (non-hydrogen) atoms. The summed E-state index contributed by atoms with van der Waals surface area (Å²) in [6.45, 7) is 1.22. The van der Waals surface area contributed by atoms with E-state index in [4.69, 9.17) is 5.11 Å². The molecule has 0 spiro atoms. The maximum absolute atomic E-state index is 10.6. The van der Waals surface area contributed by atoms with Gasteiger partial charge in [-0.2, -0.15) is 0 Å². The van der Waals surface area contributed by atoms with Crippen LogP contribution in [0, 0.1) is 0 Å². The van der Waals surface area contributed by atoms with Crippen LogP contribution in [0.4, 0.5) is 0 Å². The predicted molar refractivity (Wildman–Crippen MR) is 58.7 cm³/mol. The van der Waals surface area contributed by atoms with E-state index >= 15 is 0 Å². The Morgan fingerprint density at radius 2 is 1.72 bits per heavy atom. The van der Waals surface area contributed by atoms with Crippen molar-refractivity contribution in [3.63, 3.8) is 0 Å². The van der Waals surface area contributed by atoms with E-state index in [0.29, 0.717) is 0 Å². The van der Waals surface area contributed by atoms with Gasteiger partial charge in [-0.25, -0.2) is 4.79 Å². The number of carboxylic acid groups (broad SMARTS) is 1. The standard InChI is InChI=1S/C9H8O4.2Al.3O/c1-6(10)13-8-5-3-2-4-7(8)9(11)12;;;;;/h2-5H,1H3,(H,11,12);;;;;. The van der Waals surface area contributed by atoms with Crippen LogP contribution in [0.3, 0.4) is 0 Å². The number of para-hydroxylation sites is 1. The third-order valence-electron chi connectivity index (χ3n) is 1.48. The van der Waals surface area contributed by atoms with Crippen molar-refractivity contribution in [2.75, 3.05) is 0 Å². The van der Waals surface area contributed by atoms with Crippen LogP contribution in [0.2, 0.25) is 0 Å². The molecule has 0 amide bonds. The summed E-state index contributed by atoms with van der Waals surface area (Å²) in [6, 6.07) is 5.98. The first-order chi connectivity index (χ1) is 8.52. The monoisotopic (exact) mass is 282 g/mol. The normalized spacial score (nSPS) is 7.83. The topological polar surface area (TPSA) is 107 Å². The third-order valence-corrected chi connectivity index (χ3v) is 2.37. The summed E-state index contributed by atoms with van der Waals surface area (Å²) in [5.41, 5.74) is -0.0160. The summed E-state index contributed by atoms with van der Waals surface area (Å²) in [4.78, 5) is 21.2. The van der Waals surface area contributed by atoms with Crippen LogP contribution in [0.5, 0.6) is 5.75 Å². The Labute approximate surface area is 115 Å². The molecule has 0 aliphatic rings. The number of ether oxygens (including phenoxy) is 1. The van der Waals surface area contributed by atoms with Crippen molar-refractivity contribution in [3.05, 3.63) is 29.8 Å². The average Bonchev–Trinajstić information content (AvgIpc) is 2.30. The van der Waals surface area contributed by atoms with Crippen LogP contribution in [0.25, 0.3) is 0 Å². The summed E-state index contributed by atoms with van der Waals surface area (Å²) >= 11 is -2.48. The molecule has 0 bridgehead atoms. The van der Waals surface area contributed by atoms with E-state index < -0.39 is 42.9 Å². The van der Waals surface area contributed by atoms with Gasteiger partial charge in [-0.15, -0.1) is 0 Å². The van der Waals surface area contributed by atoms with Crippen LogP contribution < -0.4 is 4.74 Å². The number of carbonyl (C=O) groups excluding carboxylic acids is 1. The van der Waals surface area contributed by atoms with Gasteiger partial charge in [0.25, 0.3) is 0 Å². The van der Waals surface area contributed by atoms with Gasteiger partial charge in [-0.1, -0.05) is 12.1 Å². The molecule has 0 saturated heterocycles. The first-order valence-electron chi connectivity index (χ1n) is 4.56. The predicted octanol–water partition coefficient (Wildman–Crippen LogP) is 0.242. The van der Waals surface area contributed by atoms with Crippen molar-refractivity contribution in [1.29, 1.82) is 0 Å². The van der Waals surface area contributed by atoms with Gasteiger partial charge in [0.05, 0.1) is 0 Å². The molecule has 1 aromatic rings. The first-order valence-corrected chi connectivity index (χ1v) is 6.45. The molecule has 1 N–H and O–H groups in total. The van der Waals surface area contributed by atoms with E-state index in [1.54, 1.807) is 12.1 Å². The fourth-order valence-corrected chi connectivity index (χ4v) is 1.09. The molecule has 0 aromatic heterocycles. The minimum atomic E-state index is -1.24. The fraction of sp³-hybridized carbons (Fsp3) is 0.111. The summed E-state index contributed by atoms with van der Waals surface area (Å²) < 4.78 is 27.0. The zero-order valence-corrected chi connectivity index (χ0v) is 11.7. The van der Waals surface area contributed by atoms with Crippen molar-refractivity contribution in [3.8, 4) is 5.75 Å². The SMILES string of the molecule is CC(=O)Oc1ccccc1C(=O)O.[O]=[Al][O][Al]=[O]. The molecular weight excluding hydrogens is 274 g/mol. The quantitative estimate of drug-likeness (QED) is 0.479. The van der Waals surface area contributed by atoms with Crippen LogP contribution >= 0.6 is 0 Å². The number of hydrogen-bond donors (Lipinski definition) is 1. The zero-order valence-electron chi connectivity index (χ0n) is 9.36. The van der Waals surface area contributed by atoms with E-state index in [9.17, 15) is 17.2 Å². The summed E-state index contributed by atoms with van der Waals surface area (Å²) in [7, 11) is 0. The van der Waals surface area contributed by atoms with Gasteiger partial charge >= 0.3 is 53.4 Å². The van der Waals surface area contributed by atoms with Gasteiger partial charge in [0, 0.05) is 6.92 Å². The molecular formula is C9H8Al2O7. The van der Waals surface area contributed by atoms with Gasteiger partial charge in [0.15, 0.2) is 0 Å². The maximum atomic E-state index is 10.6. The van der Waals surface area contributed by atoms with Gasteiger partial charge in [0.2, 0.25) is 0 Å². The Morgan fingerprint density at radius 3 is 2.11 bits per heavy atom. The van der Waals surface area contributed by atoms with E-state index in [2.05, 4.69) is 7.58 Å². The Morgan fingerprint density at radius 1 is 1.17 bits per heavy atom. The molecule has 0 fully saturated rings. The Hall–Kier alpha value is -1.38. The number of carbonyl (C=O) groups is 2. The Balaban J connectivity index is 0.000000494. The van der Waals surface area contributed by atoms with E-state index in [0.717, 1.165) is 0 Å². The van der Waals surface area contributed by atoms with Gasteiger partial charge in [-0.05, 0) is 12.1 Å².